The molecular formula is C19H24N4O. The number of hydrogen-bond acceptors (Lipinski definition) is 5. The van der Waals surface area contributed by atoms with E-state index in [4.69, 9.17) is 4.42 Å². The highest BCUT2D eigenvalue weighted by Crippen LogP contribution is 2.25. The average molecular weight is 324 g/mol. The van der Waals surface area contributed by atoms with Crippen molar-refractivity contribution in [2.24, 2.45) is 5.92 Å². The number of oxazole rings is 1. The van der Waals surface area contributed by atoms with Crippen molar-refractivity contribution in [3.05, 3.63) is 47.7 Å². The molecule has 0 bridgehead atoms. The Labute approximate surface area is 143 Å². The van der Waals surface area contributed by atoms with E-state index in [1.54, 1.807) is 12.5 Å². The van der Waals surface area contributed by atoms with E-state index in [1.807, 2.05) is 6.07 Å². The number of nitrogens with zero attached hydrogens (tertiary/aromatic N) is 4. The highest BCUT2D eigenvalue weighted by molar-refractivity contribution is 5.61. The van der Waals surface area contributed by atoms with Gasteiger partial charge in [0.2, 0.25) is 5.89 Å². The zero-order valence-electron chi connectivity index (χ0n) is 14.4. The SMILES string of the molecule is CC(C)Cc1ccc(C#N)c(N2CCN(Cc3ncco3)CC2)c1. The molecule has 5 nitrogen and oxygen atoms in total. The Morgan fingerprint density at radius 1 is 1.25 bits per heavy atom. The Kier molecular flexibility index (Phi) is 5.17. The molecule has 0 saturated carbocycles. The quantitative estimate of drug-likeness (QED) is 0.846. The summed E-state index contributed by atoms with van der Waals surface area (Å²) in [6.45, 7) is 8.92. The Balaban J connectivity index is 1.67. The number of nitriles is 1. The predicted molar refractivity (Wildman–Crippen MR) is 93.7 cm³/mol. The largest absolute Gasteiger partial charge is 0.448 e. The fourth-order valence-electron chi connectivity index (χ4n) is 3.20. The third-order valence-electron chi connectivity index (χ3n) is 4.38. The molecule has 0 spiro atoms. The number of anilines is 1. The second-order valence-corrected chi connectivity index (χ2v) is 6.75. The van der Waals surface area contributed by atoms with Gasteiger partial charge in [0, 0.05) is 26.2 Å². The Morgan fingerprint density at radius 2 is 2.04 bits per heavy atom. The molecule has 0 aliphatic carbocycles. The van der Waals surface area contributed by atoms with Crippen LogP contribution >= 0.6 is 0 Å². The molecule has 0 amide bonds. The van der Waals surface area contributed by atoms with Crippen LogP contribution in [0, 0.1) is 17.2 Å². The van der Waals surface area contributed by atoms with Crippen LogP contribution in [0.25, 0.3) is 0 Å². The van der Waals surface area contributed by atoms with Gasteiger partial charge in [0.15, 0.2) is 0 Å². The van der Waals surface area contributed by atoms with Gasteiger partial charge in [0.05, 0.1) is 24.0 Å². The molecule has 2 heterocycles. The molecule has 5 heteroatoms. The first-order valence-corrected chi connectivity index (χ1v) is 8.54. The lowest BCUT2D eigenvalue weighted by Crippen LogP contribution is -2.46. The van der Waals surface area contributed by atoms with Gasteiger partial charge < -0.3 is 9.32 Å². The molecule has 1 saturated heterocycles. The van der Waals surface area contributed by atoms with Gasteiger partial charge in [0.1, 0.15) is 12.3 Å². The van der Waals surface area contributed by atoms with Crippen molar-refractivity contribution in [3.63, 3.8) is 0 Å². The van der Waals surface area contributed by atoms with Crippen LogP contribution in [0.1, 0.15) is 30.9 Å². The number of hydrogen-bond donors (Lipinski definition) is 0. The minimum Gasteiger partial charge on any atom is -0.448 e. The first kappa shape index (κ1) is 16.5. The predicted octanol–water partition coefficient (Wildman–Crippen LogP) is 3.07. The van der Waals surface area contributed by atoms with E-state index < -0.39 is 0 Å². The van der Waals surface area contributed by atoms with Gasteiger partial charge >= 0.3 is 0 Å². The Morgan fingerprint density at radius 3 is 2.67 bits per heavy atom. The zero-order valence-corrected chi connectivity index (χ0v) is 14.4. The fourth-order valence-corrected chi connectivity index (χ4v) is 3.20. The molecule has 126 valence electrons. The third kappa shape index (κ3) is 3.95. The molecule has 1 aliphatic rings. The van der Waals surface area contributed by atoms with E-state index in [0.717, 1.165) is 56.3 Å². The maximum Gasteiger partial charge on any atom is 0.208 e. The summed E-state index contributed by atoms with van der Waals surface area (Å²) < 4.78 is 5.33. The number of rotatable bonds is 5. The Bertz CT molecular complexity index is 695. The average Bonchev–Trinajstić information content (AvgIpc) is 3.08. The van der Waals surface area contributed by atoms with E-state index >= 15 is 0 Å². The normalized spacial score (nSPS) is 15.7. The van der Waals surface area contributed by atoms with Crippen LogP contribution in [0.15, 0.2) is 35.1 Å². The van der Waals surface area contributed by atoms with E-state index in [9.17, 15) is 5.26 Å². The molecule has 3 rings (SSSR count). The summed E-state index contributed by atoms with van der Waals surface area (Å²) in [5.41, 5.74) is 3.15. The summed E-state index contributed by atoms with van der Waals surface area (Å²) in [5, 5.41) is 9.44. The number of aromatic nitrogens is 1. The number of piperazine rings is 1. The zero-order chi connectivity index (χ0) is 16.9. The molecule has 1 aliphatic heterocycles. The Hall–Kier alpha value is -2.32. The topological polar surface area (TPSA) is 56.3 Å². The van der Waals surface area contributed by atoms with Crippen LogP contribution in [0.2, 0.25) is 0 Å². The summed E-state index contributed by atoms with van der Waals surface area (Å²) in [4.78, 5) is 8.86. The smallest absolute Gasteiger partial charge is 0.208 e. The summed E-state index contributed by atoms with van der Waals surface area (Å²) in [6, 6.07) is 8.59. The van der Waals surface area contributed by atoms with Crippen molar-refractivity contribution in [2.45, 2.75) is 26.8 Å². The summed E-state index contributed by atoms with van der Waals surface area (Å²) in [6.07, 6.45) is 4.35. The highest BCUT2D eigenvalue weighted by atomic mass is 16.3. The van der Waals surface area contributed by atoms with Gasteiger partial charge in [-0.3, -0.25) is 4.90 Å². The lowest BCUT2D eigenvalue weighted by atomic mass is 10.00. The minimum atomic E-state index is 0.614. The van der Waals surface area contributed by atoms with Crippen molar-refractivity contribution in [1.82, 2.24) is 9.88 Å². The van der Waals surface area contributed by atoms with E-state index in [-0.39, 0.29) is 0 Å². The third-order valence-corrected chi connectivity index (χ3v) is 4.38. The van der Waals surface area contributed by atoms with Crippen molar-refractivity contribution in [3.8, 4) is 6.07 Å². The van der Waals surface area contributed by atoms with Crippen LogP contribution in [-0.2, 0) is 13.0 Å². The molecule has 0 unspecified atom stereocenters. The standard InChI is InChI=1S/C19H24N4O/c1-15(2)11-16-3-4-17(13-20)18(12-16)23-8-6-22(7-9-23)14-19-21-5-10-24-19/h3-5,10,12,15H,6-9,11,14H2,1-2H3. The second kappa shape index (κ2) is 7.50. The minimum absolute atomic E-state index is 0.614. The van der Waals surface area contributed by atoms with E-state index in [2.05, 4.69) is 46.8 Å². The van der Waals surface area contributed by atoms with Gasteiger partial charge in [-0.2, -0.15) is 5.26 Å². The molecule has 1 aromatic carbocycles. The number of benzene rings is 1. The highest BCUT2D eigenvalue weighted by Gasteiger charge is 2.20. The summed E-state index contributed by atoms with van der Waals surface area (Å²) in [7, 11) is 0. The lowest BCUT2D eigenvalue weighted by Gasteiger charge is -2.36. The molecule has 1 aromatic heterocycles. The molecule has 0 radical (unpaired) electrons. The van der Waals surface area contributed by atoms with Gasteiger partial charge in [-0.25, -0.2) is 4.98 Å². The monoisotopic (exact) mass is 324 g/mol. The van der Waals surface area contributed by atoms with E-state index in [0.29, 0.717) is 5.92 Å². The maximum atomic E-state index is 9.44. The van der Waals surface area contributed by atoms with Gasteiger partial charge in [-0.05, 0) is 30.0 Å². The van der Waals surface area contributed by atoms with Crippen LogP contribution in [0.4, 0.5) is 5.69 Å². The van der Waals surface area contributed by atoms with E-state index in [1.165, 1.54) is 5.56 Å². The molecule has 2 aromatic rings. The molecule has 1 fully saturated rings. The first-order valence-electron chi connectivity index (χ1n) is 8.54. The first-order chi connectivity index (χ1) is 11.7. The van der Waals surface area contributed by atoms with Crippen LogP contribution < -0.4 is 4.90 Å². The molecular weight excluding hydrogens is 300 g/mol. The van der Waals surface area contributed by atoms with Crippen LogP contribution in [-0.4, -0.2) is 36.1 Å². The molecule has 24 heavy (non-hydrogen) atoms. The van der Waals surface area contributed by atoms with Crippen molar-refractivity contribution in [2.75, 3.05) is 31.1 Å². The van der Waals surface area contributed by atoms with Crippen LogP contribution in [0.5, 0.6) is 0 Å². The lowest BCUT2D eigenvalue weighted by molar-refractivity contribution is 0.226. The molecule has 0 atom stereocenters. The van der Waals surface area contributed by atoms with Crippen LogP contribution in [0.3, 0.4) is 0 Å². The summed E-state index contributed by atoms with van der Waals surface area (Å²) in [5.74, 6) is 1.38. The second-order valence-electron chi connectivity index (χ2n) is 6.75. The van der Waals surface area contributed by atoms with Gasteiger partial charge in [0.25, 0.3) is 0 Å². The maximum absolute atomic E-state index is 9.44. The fraction of sp³-hybridized carbons (Fsp3) is 0.474. The van der Waals surface area contributed by atoms with Crippen molar-refractivity contribution >= 4 is 5.69 Å². The summed E-state index contributed by atoms with van der Waals surface area (Å²) >= 11 is 0. The van der Waals surface area contributed by atoms with Gasteiger partial charge in [-0.1, -0.05) is 19.9 Å². The molecule has 0 N–H and O–H groups in total. The van der Waals surface area contributed by atoms with Gasteiger partial charge in [-0.15, -0.1) is 0 Å². The van der Waals surface area contributed by atoms with Crippen molar-refractivity contribution in [1.29, 1.82) is 5.26 Å². The van der Waals surface area contributed by atoms with Crippen molar-refractivity contribution < 1.29 is 4.42 Å².